The number of nitrogens with zero attached hydrogens (tertiary/aromatic N) is 3. The van der Waals surface area contributed by atoms with Gasteiger partial charge in [-0.25, -0.2) is 4.98 Å². The summed E-state index contributed by atoms with van der Waals surface area (Å²) >= 11 is 1.37. The van der Waals surface area contributed by atoms with Gasteiger partial charge in [0, 0.05) is 24.7 Å². The first-order valence-electron chi connectivity index (χ1n) is 7.81. The van der Waals surface area contributed by atoms with Gasteiger partial charge in [-0.2, -0.15) is 0 Å². The molecule has 0 saturated heterocycles. The van der Waals surface area contributed by atoms with Gasteiger partial charge in [-0.05, 0) is 25.5 Å². The number of aromatic nitrogens is 1. The number of likely N-dealkylation sites (N-methyl/N-ethyl adjacent to an activating group) is 1. The molecule has 0 saturated carbocycles. The van der Waals surface area contributed by atoms with Crippen LogP contribution < -0.4 is 11.5 Å². The van der Waals surface area contributed by atoms with E-state index < -0.39 is 0 Å². The number of hydrogen-bond donors (Lipinski definition) is 2. The predicted octanol–water partition coefficient (Wildman–Crippen LogP) is 1.88. The number of guanidine groups is 1. The minimum Gasteiger partial charge on any atom is -0.370 e. The van der Waals surface area contributed by atoms with Crippen LogP contribution >= 0.6 is 11.3 Å². The van der Waals surface area contributed by atoms with Crippen molar-refractivity contribution in [2.24, 2.45) is 16.5 Å². The zero-order chi connectivity index (χ0) is 17.4. The van der Waals surface area contributed by atoms with Crippen molar-refractivity contribution < 1.29 is 4.79 Å². The highest BCUT2D eigenvalue weighted by molar-refractivity contribution is 7.11. The van der Waals surface area contributed by atoms with Crippen LogP contribution in [-0.4, -0.2) is 41.3 Å². The minimum absolute atomic E-state index is 0.0492. The first-order valence-corrected chi connectivity index (χ1v) is 8.69. The molecule has 4 N–H and O–H groups in total. The Morgan fingerprint density at radius 3 is 2.71 bits per heavy atom. The highest BCUT2D eigenvalue weighted by atomic mass is 32.1. The number of rotatable bonds is 9. The summed E-state index contributed by atoms with van der Waals surface area (Å²) in [5, 5.41) is 2.36. The molecular weight excluding hydrogens is 322 g/mol. The Bertz CT molecular complexity index is 653. The molecule has 0 aliphatic rings. The van der Waals surface area contributed by atoms with E-state index >= 15 is 0 Å². The maximum atomic E-state index is 12.8. The number of carbonyl (C=O) groups excluding carboxylic acids is 1. The molecule has 2 aromatic rings. The third-order valence-electron chi connectivity index (χ3n) is 3.68. The third kappa shape index (κ3) is 5.43. The van der Waals surface area contributed by atoms with E-state index in [9.17, 15) is 4.79 Å². The van der Waals surface area contributed by atoms with E-state index in [1.807, 2.05) is 30.6 Å². The SMILES string of the molecule is CN(Cc1ccccc1)C(CCCN=C(N)N)C(=O)c1nccs1. The van der Waals surface area contributed by atoms with Crippen molar-refractivity contribution in [2.75, 3.05) is 13.6 Å². The smallest absolute Gasteiger partial charge is 0.208 e. The maximum absolute atomic E-state index is 12.8. The molecule has 7 heteroatoms. The summed E-state index contributed by atoms with van der Waals surface area (Å²) in [5.41, 5.74) is 11.9. The molecule has 1 heterocycles. The number of ketones is 1. The topological polar surface area (TPSA) is 97.6 Å². The van der Waals surface area contributed by atoms with E-state index in [0.717, 1.165) is 6.42 Å². The van der Waals surface area contributed by atoms with Crippen LogP contribution in [0, 0.1) is 0 Å². The summed E-state index contributed by atoms with van der Waals surface area (Å²) < 4.78 is 0. The van der Waals surface area contributed by atoms with Crippen molar-refractivity contribution in [3.63, 3.8) is 0 Å². The number of carbonyl (C=O) groups is 1. The second-order valence-electron chi connectivity index (χ2n) is 5.57. The van der Waals surface area contributed by atoms with Crippen molar-refractivity contribution in [1.29, 1.82) is 0 Å². The lowest BCUT2D eigenvalue weighted by Gasteiger charge is -2.26. The van der Waals surface area contributed by atoms with Gasteiger partial charge in [0.25, 0.3) is 0 Å². The summed E-state index contributed by atoms with van der Waals surface area (Å²) in [4.78, 5) is 23.0. The number of aliphatic imine (C=N–C) groups is 1. The summed E-state index contributed by atoms with van der Waals surface area (Å²) in [5.74, 6) is 0.128. The molecule has 0 amide bonds. The molecule has 2 rings (SSSR count). The van der Waals surface area contributed by atoms with Crippen LogP contribution in [-0.2, 0) is 6.54 Å². The standard InChI is InChI=1S/C17H23N5OS/c1-22(12-13-6-3-2-4-7-13)14(8-5-9-21-17(18)19)15(23)16-20-10-11-24-16/h2-4,6-7,10-11,14H,5,8-9,12H2,1H3,(H4,18,19,21). The predicted molar refractivity (Wildman–Crippen MR) is 98.1 cm³/mol. The molecule has 1 unspecified atom stereocenters. The Hall–Kier alpha value is -2.25. The highest BCUT2D eigenvalue weighted by Crippen LogP contribution is 2.17. The van der Waals surface area contributed by atoms with E-state index in [4.69, 9.17) is 11.5 Å². The zero-order valence-corrected chi connectivity index (χ0v) is 14.6. The van der Waals surface area contributed by atoms with Gasteiger partial charge in [-0.3, -0.25) is 14.7 Å². The van der Waals surface area contributed by atoms with Gasteiger partial charge >= 0.3 is 0 Å². The molecule has 6 nitrogen and oxygen atoms in total. The fourth-order valence-corrected chi connectivity index (χ4v) is 3.14. The molecule has 1 atom stereocenters. The van der Waals surface area contributed by atoms with E-state index in [1.165, 1.54) is 16.9 Å². The zero-order valence-electron chi connectivity index (χ0n) is 13.8. The third-order valence-corrected chi connectivity index (χ3v) is 4.47. The van der Waals surface area contributed by atoms with Crippen molar-refractivity contribution >= 4 is 23.1 Å². The first-order chi connectivity index (χ1) is 11.6. The molecule has 0 aliphatic heterocycles. The van der Waals surface area contributed by atoms with Crippen LogP contribution in [0.3, 0.4) is 0 Å². The number of benzene rings is 1. The number of Topliss-reactive ketones (excluding diaryl/α,β-unsaturated/α-hetero) is 1. The van der Waals surface area contributed by atoms with Crippen LogP contribution in [0.4, 0.5) is 0 Å². The Morgan fingerprint density at radius 2 is 2.08 bits per heavy atom. The fourth-order valence-electron chi connectivity index (χ4n) is 2.51. The van der Waals surface area contributed by atoms with Crippen molar-refractivity contribution in [3.05, 3.63) is 52.5 Å². The summed E-state index contributed by atoms with van der Waals surface area (Å²) in [7, 11) is 1.96. The van der Waals surface area contributed by atoms with Crippen LogP contribution in [0.1, 0.15) is 28.2 Å². The Morgan fingerprint density at radius 1 is 1.33 bits per heavy atom. The van der Waals surface area contributed by atoms with Gasteiger partial charge in [-0.15, -0.1) is 11.3 Å². The second kappa shape index (κ2) is 9.14. The second-order valence-corrected chi connectivity index (χ2v) is 6.46. The van der Waals surface area contributed by atoms with E-state index in [1.54, 1.807) is 6.20 Å². The van der Waals surface area contributed by atoms with Crippen molar-refractivity contribution in [1.82, 2.24) is 9.88 Å². The Kier molecular flexibility index (Phi) is 6.89. The normalized spacial score (nSPS) is 12.1. The van der Waals surface area contributed by atoms with Crippen LogP contribution in [0.5, 0.6) is 0 Å². The van der Waals surface area contributed by atoms with Crippen molar-refractivity contribution in [2.45, 2.75) is 25.4 Å². The van der Waals surface area contributed by atoms with Gasteiger partial charge in [0.15, 0.2) is 11.0 Å². The minimum atomic E-state index is -0.245. The molecule has 0 radical (unpaired) electrons. The lowest BCUT2D eigenvalue weighted by Crippen LogP contribution is -2.38. The van der Waals surface area contributed by atoms with Gasteiger partial charge in [0.2, 0.25) is 5.78 Å². The Labute approximate surface area is 146 Å². The van der Waals surface area contributed by atoms with Gasteiger partial charge < -0.3 is 11.5 Å². The average Bonchev–Trinajstić information content (AvgIpc) is 3.09. The summed E-state index contributed by atoms with van der Waals surface area (Å²) in [6.07, 6.45) is 3.07. The highest BCUT2D eigenvalue weighted by Gasteiger charge is 2.25. The summed E-state index contributed by atoms with van der Waals surface area (Å²) in [6.45, 7) is 1.22. The maximum Gasteiger partial charge on any atom is 0.208 e. The summed E-state index contributed by atoms with van der Waals surface area (Å²) in [6, 6.07) is 9.85. The first kappa shape index (κ1) is 18.1. The molecule has 128 valence electrons. The largest absolute Gasteiger partial charge is 0.370 e. The van der Waals surface area contributed by atoms with E-state index in [2.05, 4.69) is 27.0 Å². The quantitative estimate of drug-likeness (QED) is 0.313. The van der Waals surface area contributed by atoms with Gasteiger partial charge in [0.05, 0.1) is 6.04 Å². The van der Waals surface area contributed by atoms with E-state index in [-0.39, 0.29) is 17.8 Å². The van der Waals surface area contributed by atoms with Crippen molar-refractivity contribution in [3.8, 4) is 0 Å². The number of nitrogens with two attached hydrogens (primary N) is 2. The Balaban J connectivity index is 2.06. The average molecular weight is 345 g/mol. The lowest BCUT2D eigenvalue weighted by atomic mass is 10.0. The van der Waals surface area contributed by atoms with Gasteiger partial charge in [-0.1, -0.05) is 30.3 Å². The van der Waals surface area contributed by atoms with Gasteiger partial charge in [0.1, 0.15) is 0 Å². The van der Waals surface area contributed by atoms with Crippen LogP contribution in [0.2, 0.25) is 0 Å². The lowest BCUT2D eigenvalue weighted by molar-refractivity contribution is 0.0830. The molecule has 0 spiro atoms. The molecule has 24 heavy (non-hydrogen) atoms. The molecule has 1 aromatic carbocycles. The van der Waals surface area contributed by atoms with Crippen LogP contribution in [0.25, 0.3) is 0 Å². The number of thiazole rings is 1. The fraction of sp³-hybridized carbons (Fsp3) is 0.353. The molecule has 0 bridgehead atoms. The monoisotopic (exact) mass is 345 g/mol. The molecular formula is C17H23N5OS. The molecule has 1 aromatic heterocycles. The molecule has 0 fully saturated rings. The molecule has 0 aliphatic carbocycles. The van der Waals surface area contributed by atoms with E-state index in [0.29, 0.717) is 24.5 Å². The van der Waals surface area contributed by atoms with Crippen LogP contribution in [0.15, 0.2) is 46.9 Å². The number of hydrogen-bond acceptors (Lipinski definition) is 5.